The number of rotatable bonds is 3. The third-order valence-electron chi connectivity index (χ3n) is 5.08. The van der Waals surface area contributed by atoms with E-state index in [1.165, 1.54) is 14.2 Å². The summed E-state index contributed by atoms with van der Waals surface area (Å²) in [4.78, 5) is 36.8. The first kappa shape index (κ1) is 15.5. The molecule has 0 aromatic heterocycles. The van der Waals surface area contributed by atoms with Crippen molar-refractivity contribution in [1.29, 1.82) is 0 Å². The van der Waals surface area contributed by atoms with E-state index in [4.69, 9.17) is 9.47 Å². The van der Waals surface area contributed by atoms with Crippen molar-refractivity contribution in [1.82, 2.24) is 0 Å². The van der Waals surface area contributed by atoms with Crippen molar-refractivity contribution in [2.24, 2.45) is 16.7 Å². The Balaban J connectivity index is 2.55. The molecule has 0 bridgehead atoms. The minimum absolute atomic E-state index is 0.0147. The second kappa shape index (κ2) is 4.83. The van der Waals surface area contributed by atoms with Gasteiger partial charge < -0.3 is 9.47 Å². The van der Waals surface area contributed by atoms with Gasteiger partial charge in [0, 0.05) is 0 Å². The molecule has 0 unspecified atom stereocenters. The molecule has 0 N–H and O–H groups in total. The summed E-state index contributed by atoms with van der Waals surface area (Å²) in [6, 6.07) is 0. The van der Waals surface area contributed by atoms with Crippen LogP contribution in [0.3, 0.4) is 0 Å². The molecule has 0 amide bonds. The first-order valence-electron chi connectivity index (χ1n) is 6.83. The standard InChI is InChI=1S/C16H20O5/c1-6-15(3)11-8-16(13(18)20-4,14(19)21-5)7-10(11)9(2)12(15)17/h6,11H,1,7-8H2,2-5H3/t11-,15+/m1/s1. The quantitative estimate of drug-likeness (QED) is 0.451. The smallest absolute Gasteiger partial charge is 0.323 e. The molecule has 0 radical (unpaired) electrons. The number of Topliss-reactive ketones (excluding diaryl/α,β-unsaturated/α-hetero) is 1. The van der Waals surface area contributed by atoms with E-state index in [2.05, 4.69) is 6.58 Å². The molecule has 114 valence electrons. The number of carbonyl (C=O) groups excluding carboxylic acids is 3. The highest BCUT2D eigenvalue weighted by Crippen LogP contribution is 2.59. The lowest BCUT2D eigenvalue weighted by Crippen LogP contribution is -2.41. The monoisotopic (exact) mass is 292 g/mol. The van der Waals surface area contributed by atoms with Gasteiger partial charge in [0.1, 0.15) is 0 Å². The topological polar surface area (TPSA) is 69.7 Å². The van der Waals surface area contributed by atoms with E-state index >= 15 is 0 Å². The summed E-state index contributed by atoms with van der Waals surface area (Å²) in [5.41, 5.74) is -0.658. The van der Waals surface area contributed by atoms with Crippen LogP contribution in [0.15, 0.2) is 23.8 Å². The second-order valence-corrected chi connectivity index (χ2v) is 5.96. The number of carbonyl (C=O) groups is 3. The highest BCUT2D eigenvalue weighted by Gasteiger charge is 2.62. The molecule has 0 aromatic carbocycles. The Labute approximate surface area is 124 Å². The molecule has 0 aliphatic heterocycles. The van der Waals surface area contributed by atoms with Crippen LogP contribution in [0.4, 0.5) is 0 Å². The molecule has 2 atom stereocenters. The summed E-state index contributed by atoms with van der Waals surface area (Å²) in [7, 11) is 2.50. The van der Waals surface area contributed by atoms with Crippen molar-refractivity contribution in [2.75, 3.05) is 14.2 Å². The Kier molecular flexibility index (Phi) is 3.56. The molecule has 1 fully saturated rings. The Morgan fingerprint density at radius 2 is 1.81 bits per heavy atom. The van der Waals surface area contributed by atoms with E-state index in [0.717, 1.165) is 5.57 Å². The fourth-order valence-corrected chi connectivity index (χ4v) is 3.69. The van der Waals surface area contributed by atoms with E-state index in [1.54, 1.807) is 19.9 Å². The van der Waals surface area contributed by atoms with Crippen LogP contribution in [0.25, 0.3) is 0 Å². The van der Waals surface area contributed by atoms with Gasteiger partial charge >= 0.3 is 11.9 Å². The van der Waals surface area contributed by atoms with Gasteiger partial charge in [0.05, 0.1) is 19.6 Å². The molecular weight excluding hydrogens is 272 g/mol. The first-order valence-corrected chi connectivity index (χ1v) is 6.83. The fourth-order valence-electron chi connectivity index (χ4n) is 3.69. The number of fused-ring (bicyclic) bond motifs is 1. The van der Waals surface area contributed by atoms with Crippen LogP contribution >= 0.6 is 0 Å². The highest BCUT2D eigenvalue weighted by molar-refractivity contribution is 6.07. The predicted octanol–water partition coefficient (Wildman–Crippen LogP) is 1.82. The lowest BCUT2D eigenvalue weighted by Gasteiger charge is -2.28. The first-order chi connectivity index (χ1) is 9.78. The minimum atomic E-state index is -1.35. The summed E-state index contributed by atoms with van der Waals surface area (Å²) in [5, 5.41) is 0. The number of ketones is 1. The van der Waals surface area contributed by atoms with Crippen molar-refractivity contribution in [3.05, 3.63) is 23.8 Å². The Bertz CT molecular complexity index is 555. The number of ether oxygens (including phenoxy) is 2. The molecule has 5 nitrogen and oxygen atoms in total. The lowest BCUT2D eigenvalue weighted by molar-refractivity contribution is -0.169. The Morgan fingerprint density at radius 1 is 1.29 bits per heavy atom. The third kappa shape index (κ3) is 1.79. The maximum absolute atomic E-state index is 12.4. The van der Waals surface area contributed by atoms with Crippen molar-refractivity contribution < 1.29 is 23.9 Å². The number of hydrogen-bond donors (Lipinski definition) is 0. The van der Waals surface area contributed by atoms with Crippen LogP contribution < -0.4 is 0 Å². The minimum Gasteiger partial charge on any atom is -0.468 e. The average molecular weight is 292 g/mol. The molecule has 0 aromatic rings. The molecule has 0 heterocycles. The molecule has 0 spiro atoms. The lowest BCUT2D eigenvalue weighted by atomic mass is 9.73. The van der Waals surface area contributed by atoms with E-state index < -0.39 is 22.8 Å². The zero-order chi connectivity index (χ0) is 16.0. The van der Waals surface area contributed by atoms with Crippen molar-refractivity contribution >= 4 is 17.7 Å². The third-order valence-corrected chi connectivity index (χ3v) is 5.08. The van der Waals surface area contributed by atoms with Gasteiger partial charge in [0.25, 0.3) is 0 Å². The van der Waals surface area contributed by atoms with E-state index in [-0.39, 0.29) is 24.5 Å². The van der Waals surface area contributed by atoms with Gasteiger partial charge in [-0.2, -0.15) is 0 Å². The molecule has 2 aliphatic rings. The number of methoxy groups -OCH3 is 2. The van der Waals surface area contributed by atoms with Crippen molar-refractivity contribution in [3.63, 3.8) is 0 Å². The molecule has 0 saturated heterocycles. The highest BCUT2D eigenvalue weighted by atomic mass is 16.5. The van der Waals surface area contributed by atoms with Crippen LogP contribution in [0, 0.1) is 16.7 Å². The van der Waals surface area contributed by atoms with Gasteiger partial charge in [0.15, 0.2) is 11.2 Å². The SMILES string of the molecule is C=C[C@]1(C)C(=O)C(C)=C2CC(C(=O)OC)(C(=O)OC)C[C@H]21. The van der Waals surface area contributed by atoms with Gasteiger partial charge in [-0.05, 0) is 38.2 Å². The molecule has 5 heteroatoms. The van der Waals surface area contributed by atoms with Crippen LogP contribution in [0.1, 0.15) is 26.7 Å². The van der Waals surface area contributed by atoms with Crippen LogP contribution in [-0.2, 0) is 23.9 Å². The maximum atomic E-state index is 12.4. The van der Waals surface area contributed by atoms with E-state index in [0.29, 0.717) is 5.57 Å². The zero-order valence-electron chi connectivity index (χ0n) is 12.8. The van der Waals surface area contributed by atoms with Crippen LogP contribution in [-0.4, -0.2) is 31.9 Å². The molecule has 2 rings (SSSR count). The van der Waals surface area contributed by atoms with E-state index in [1.807, 2.05) is 0 Å². The van der Waals surface area contributed by atoms with Crippen molar-refractivity contribution in [2.45, 2.75) is 26.7 Å². The van der Waals surface area contributed by atoms with Gasteiger partial charge in [-0.25, -0.2) is 0 Å². The molecule has 21 heavy (non-hydrogen) atoms. The van der Waals surface area contributed by atoms with Gasteiger partial charge in [-0.3, -0.25) is 14.4 Å². The second-order valence-electron chi connectivity index (χ2n) is 5.96. The predicted molar refractivity (Wildman–Crippen MR) is 75.2 cm³/mol. The summed E-state index contributed by atoms with van der Waals surface area (Å²) in [5.74, 6) is -1.41. The molecule has 1 saturated carbocycles. The van der Waals surface area contributed by atoms with Gasteiger partial charge in [-0.1, -0.05) is 11.6 Å². The Morgan fingerprint density at radius 3 is 2.24 bits per heavy atom. The molecule has 2 aliphatic carbocycles. The summed E-state index contributed by atoms with van der Waals surface area (Å²) in [6.45, 7) is 7.30. The van der Waals surface area contributed by atoms with Gasteiger partial charge in [0.2, 0.25) is 0 Å². The zero-order valence-corrected chi connectivity index (χ0v) is 12.8. The number of allylic oxidation sites excluding steroid dienone is 3. The average Bonchev–Trinajstić information content (AvgIpc) is 2.99. The molecular formula is C16H20O5. The summed E-state index contributed by atoms with van der Waals surface area (Å²) >= 11 is 0. The number of esters is 2. The van der Waals surface area contributed by atoms with Crippen LogP contribution in [0.2, 0.25) is 0 Å². The summed E-state index contributed by atoms with van der Waals surface area (Å²) in [6.07, 6.45) is 2.01. The van der Waals surface area contributed by atoms with Gasteiger partial charge in [-0.15, -0.1) is 6.58 Å². The van der Waals surface area contributed by atoms with Crippen LogP contribution in [0.5, 0.6) is 0 Å². The summed E-state index contributed by atoms with van der Waals surface area (Å²) < 4.78 is 9.63. The fraction of sp³-hybridized carbons (Fsp3) is 0.562. The largest absolute Gasteiger partial charge is 0.468 e. The Hall–Kier alpha value is -1.91. The number of hydrogen-bond acceptors (Lipinski definition) is 5. The maximum Gasteiger partial charge on any atom is 0.323 e. The van der Waals surface area contributed by atoms with E-state index in [9.17, 15) is 14.4 Å². The van der Waals surface area contributed by atoms with Crippen molar-refractivity contribution in [3.8, 4) is 0 Å². The normalized spacial score (nSPS) is 30.1.